The van der Waals surface area contributed by atoms with Crippen molar-refractivity contribution in [3.63, 3.8) is 0 Å². The fraction of sp³-hybridized carbons (Fsp3) is 0.350. The minimum Gasteiger partial charge on any atom is -0.378 e. The molecule has 3 rings (SSSR count). The lowest BCUT2D eigenvalue weighted by Crippen LogP contribution is -2.36. The van der Waals surface area contributed by atoms with Crippen LogP contribution in [0.25, 0.3) is 0 Å². The lowest BCUT2D eigenvalue weighted by molar-refractivity contribution is -0.114. The third-order valence-corrected chi connectivity index (χ3v) is 6.04. The van der Waals surface area contributed by atoms with Gasteiger partial charge in [0, 0.05) is 32.2 Å². The molecule has 1 saturated heterocycles. The minimum absolute atomic E-state index is 0.0585. The molecule has 29 heavy (non-hydrogen) atoms. The maximum atomic E-state index is 14.0. The molecule has 0 bridgehead atoms. The van der Waals surface area contributed by atoms with Gasteiger partial charge in [-0.05, 0) is 42.3 Å². The second-order valence-electron chi connectivity index (χ2n) is 6.74. The Bertz CT molecular complexity index is 958. The number of hydrogen-bond donors (Lipinski definition) is 2. The second-order valence-corrected chi connectivity index (χ2v) is 8.50. The number of morpholine rings is 1. The maximum Gasteiger partial charge on any atom is 0.240 e. The van der Waals surface area contributed by atoms with Crippen molar-refractivity contribution < 1.29 is 22.3 Å². The molecule has 1 aliphatic heterocycles. The van der Waals surface area contributed by atoms with E-state index in [0.717, 1.165) is 43.6 Å². The largest absolute Gasteiger partial charge is 0.378 e. The fourth-order valence-corrected chi connectivity index (χ4v) is 4.11. The molecule has 1 aliphatic rings. The molecule has 0 radical (unpaired) electrons. The SMILES string of the molecule is CC(=O)Nc1ccc(S(=O)(=O)NCCc2ccc(N3CCOCC3)cc2)cc1F. The topological polar surface area (TPSA) is 87.7 Å². The van der Waals surface area contributed by atoms with Crippen LogP contribution in [-0.2, 0) is 26.0 Å². The number of ether oxygens (including phenoxy) is 1. The van der Waals surface area contributed by atoms with Crippen molar-refractivity contribution in [1.82, 2.24) is 4.72 Å². The van der Waals surface area contributed by atoms with Gasteiger partial charge >= 0.3 is 0 Å². The highest BCUT2D eigenvalue weighted by Crippen LogP contribution is 2.19. The Labute approximate surface area is 169 Å². The average molecular weight is 421 g/mol. The summed E-state index contributed by atoms with van der Waals surface area (Å²) in [6, 6.07) is 11.4. The number of hydrogen-bond acceptors (Lipinski definition) is 5. The highest BCUT2D eigenvalue weighted by molar-refractivity contribution is 7.89. The highest BCUT2D eigenvalue weighted by Gasteiger charge is 2.16. The summed E-state index contributed by atoms with van der Waals surface area (Å²) in [5, 5.41) is 2.30. The monoisotopic (exact) mass is 421 g/mol. The molecular weight excluding hydrogens is 397 g/mol. The molecule has 0 atom stereocenters. The summed E-state index contributed by atoms with van der Waals surface area (Å²) in [6.07, 6.45) is 0.509. The molecule has 9 heteroatoms. The molecule has 0 aromatic heterocycles. The summed E-state index contributed by atoms with van der Waals surface area (Å²) in [5.74, 6) is -1.24. The highest BCUT2D eigenvalue weighted by atomic mass is 32.2. The van der Waals surface area contributed by atoms with Crippen molar-refractivity contribution in [1.29, 1.82) is 0 Å². The zero-order valence-electron chi connectivity index (χ0n) is 16.2. The summed E-state index contributed by atoms with van der Waals surface area (Å²) >= 11 is 0. The van der Waals surface area contributed by atoms with Gasteiger partial charge in [0.2, 0.25) is 15.9 Å². The van der Waals surface area contributed by atoms with Crippen LogP contribution in [0.2, 0.25) is 0 Å². The third-order valence-electron chi connectivity index (χ3n) is 4.58. The zero-order valence-corrected chi connectivity index (χ0v) is 17.0. The van der Waals surface area contributed by atoms with E-state index >= 15 is 0 Å². The molecule has 7 nitrogen and oxygen atoms in total. The average Bonchev–Trinajstić information content (AvgIpc) is 2.70. The molecule has 0 aliphatic carbocycles. The van der Waals surface area contributed by atoms with Crippen molar-refractivity contribution in [2.75, 3.05) is 43.1 Å². The lowest BCUT2D eigenvalue weighted by Gasteiger charge is -2.28. The van der Waals surface area contributed by atoms with E-state index in [0.29, 0.717) is 6.42 Å². The Morgan fingerprint density at radius 3 is 2.45 bits per heavy atom. The van der Waals surface area contributed by atoms with E-state index in [1.54, 1.807) is 0 Å². The predicted octanol–water partition coefficient (Wildman–Crippen LogP) is 2.14. The van der Waals surface area contributed by atoms with Crippen molar-refractivity contribution in [3.05, 3.63) is 53.8 Å². The maximum absolute atomic E-state index is 14.0. The first-order valence-corrected chi connectivity index (χ1v) is 10.8. The van der Waals surface area contributed by atoms with Crippen molar-refractivity contribution in [2.45, 2.75) is 18.2 Å². The van der Waals surface area contributed by atoms with E-state index in [9.17, 15) is 17.6 Å². The molecule has 0 spiro atoms. The van der Waals surface area contributed by atoms with Crippen LogP contribution < -0.4 is 14.9 Å². The van der Waals surface area contributed by atoms with Crippen LogP contribution in [0.5, 0.6) is 0 Å². The Balaban J connectivity index is 1.56. The van der Waals surface area contributed by atoms with Crippen molar-refractivity contribution >= 4 is 27.3 Å². The molecule has 0 unspecified atom stereocenters. The van der Waals surface area contributed by atoms with Crippen LogP contribution in [-0.4, -0.2) is 47.2 Å². The van der Waals surface area contributed by atoms with Gasteiger partial charge in [-0.1, -0.05) is 12.1 Å². The van der Waals surface area contributed by atoms with Crippen LogP contribution in [0, 0.1) is 5.82 Å². The summed E-state index contributed by atoms with van der Waals surface area (Å²) in [7, 11) is -3.85. The fourth-order valence-electron chi connectivity index (χ4n) is 3.06. The van der Waals surface area contributed by atoms with Crippen LogP contribution in [0.1, 0.15) is 12.5 Å². The van der Waals surface area contributed by atoms with Crippen LogP contribution in [0.3, 0.4) is 0 Å². The van der Waals surface area contributed by atoms with Gasteiger partial charge in [0.05, 0.1) is 23.8 Å². The minimum atomic E-state index is -3.85. The summed E-state index contributed by atoms with van der Waals surface area (Å²) < 4.78 is 46.6. The molecule has 0 saturated carbocycles. The number of halogens is 1. The number of amides is 1. The zero-order chi connectivity index (χ0) is 20.9. The molecule has 1 heterocycles. The van der Waals surface area contributed by atoms with Gasteiger partial charge < -0.3 is 15.0 Å². The number of anilines is 2. The second kappa shape index (κ2) is 9.34. The van der Waals surface area contributed by atoms with Gasteiger partial charge in [0.1, 0.15) is 5.82 Å². The Morgan fingerprint density at radius 2 is 1.83 bits per heavy atom. The van der Waals surface area contributed by atoms with E-state index in [4.69, 9.17) is 4.74 Å². The van der Waals surface area contributed by atoms with Crippen molar-refractivity contribution in [3.8, 4) is 0 Å². The molecular formula is C20H24FN3O4S. The van der Waals surface area contributed by atoms with Gasteiger partial charge in [-0.25, -0.2) is 17.5 Å². The Kier molecular flexibility index (Phi) is 6.83. The first-order valence-electron chi connectivity index (χ1n) is 9.33. The summed E-state index contributed by atoms with van der Waals surface area (Å²) in [5.41, 5.74) is 2.06. The number of rotatable bonds is 7. The van der Waals surface area contributed by atoms with E-state index < -0.39 is 21.7 Å². The van der Waals surface area contributed by atoms with Gasteiger partial charge in [0.15, 0.2) is 0 Å². The molecule has 2 aromatic carbocycles. The standard InChI is InChI=1S/C20H24FN3O4S/c1-15(25)23-20-7-6-18(14-19(20)21)29(26,27)22-9-8-16-2-4-17(5-3-16)24-10-12-28-13-11-24/h2-7,14,22H,8-13H2,1H3,(H,23,25). The lowest BCUT2D eigenvalue weighted by atomic mass is 10.1. The van der Waals surface area contributed by atoms with Gasteiger partial charge in [-0.3, -0.25) is 4.79 Å². The molecule has 2 aromatic rings. The summed E-state index contributed by atoms with van der Waals surface area (Å²) in [6.45, 7) is 4.59. The summed E-state index contributed by atoms with van der Waals surface area (Å²) in [4.78, 5) is 13.1. The van der Waals surface area contributed by atoms with Crippen LogP contribution in [0.4, 0.5) is 15.8 Å². The number of nitrogens with zero attached hydrogens (tertiary/aromatic N) is 1. The van der Waals surface area contributed by atoms with Gasteiger partial charge in [-0.15, -0.1) is 0 Å². The van der Waals surface area contributed by atoms with Gasteiger partial charge in [0.25, 0.3) is 0 Å². The van der Waals surface area contributed by atoms with Crippen LogP contribution in [0.15, 0.2) is 47.4 Å². The number of carbonyl (C=O) groups is 1. The number of carbonyl (C=O) groups excluding carboxylic acids is 1. The smallest absolute Gasteiger partial charge is 0.240 e. The van der Waals surface area contributed by atoms with E-state index in [1.165, 1.54) is 19.1 Å². The quantitative estimate of drug-likeness (QED) is 0.715. The van der Waals surface area contributed by atoms with E-state index in [2.05, 4.69) is 14.9 Å². The van der Waals surface area contributed by atoms with Gasteiger partial charge in [-0.2, -0.15) is 0 Å². The normalized spacial score (nSPS) is 14.6. The third kappa shape index (κ3) is 5.75. The van der Waals surface area contributed by atoms with E-state index in [-0.39, 0.29) is 17.1 Å². The van der Waals surface area contributed by atoms with Crippen molar-refractivity contribution in [2.24, 2.45) is 0 Å². The first kappa shape index (κ1) is 21.2. The number of nitrogens with one attached hydrogen (secondary N) is 2. The Hall–Kier alpha value is -2.49. The number of benzene rings is 2. The molecule has 1 fully saturated rings. The van der Waals surface area contributed by atoms with E-state index in [1.807, 2.05) is 24.3 Å². The first-order chi connectivity index (χ1) is 13.8. The Morgan fingerprint density at radius 1 is 1.14 bits per heavy atom. The molecule has 156 valence electrons. The van der Waals surface area contributed by atoms with Crippen LogP contribution >= 0.6 is 0 Å². The molecule has 2 N–H and O–H groups in total. The number of sulfonamides is 1. The molecule has 1 amide bonds. The predicted molar refractivity (Wildman–Crippen MR) is 109 cm³/mol.